The van der Waals surface area contributed by atoms with Crippen molar-refractivity contribution in [1.82, 2.24) is 9.80 Å². The van der Waals surface area contributed by atoms with Crippen LogP contribution in [0.4, 0.5) is 9.59 Å². The van der Waals surface area contributed by atoms with Crippen molar-refractivity contribution < 1.29 is 38.9 Å². The van der Waals surface area contributed by atoms with Crippen LogP contribution < -0.4 is 0 Å². The first-order valence-electron chi connectivity index (χ1n) is 7.35. The number of hydrogen-bond acceptors (Lipinski definition) is 6. The first-order chi connectivity index (χ1) is 11.8. The quantitative estimate of drug-likeness (QED) is 0.319. The van der Waals surface area contributed by atoms with Crippen molar-refractivity contribution in [2.45, 2.75) is 19.5 Å². The van der Waals surface area contributed by atoms with Gasteiger partial charge in [-0.2, -0.15) is 0 Å². The number of amides is 2. The molecule has 0 radical (unpaired) electrons. The number of ether oxygens (including phenoxy) is 2. The van der Waals surface area contributed by atoms with E-state index in [4.69, 9.17) is 9.47 Å². The molecule has 25 heavy (non-hydrogen) atoms. The van der Waals surface area contributed by atoms with E-state index in [1.807, 2.05) is 0 Å². The minimum Gasteiger partial charge on any atom is -0.465 e. The summed E-state index contributed by atoms with van der Waals surface area (Å²) in [5.74, 6) is -1.44. The van der Waals surface area contributed by atoms with Crippen LogP contribution in [0, 0.1) is 0 Å². The first-order valence-corrected chi connectivity index (χ1v) is 7.35. The van der Waals surface area contributed by atoms with Crippen molar-refractivity contribution in [3.8, 4) is 0 Å². The summed E-state index contributed by atoms with van der Waals surface area (Å²) in [6, 6.07) is 0. The summed E-state index contributed by atoms with van der Waals surface area (Å²) >= 11 is 0. The average molecular weight is 358 g/mol. The second-order valence-electron chi connectivity index (χ2n) is 4.58. The summed E-state index contributed by atoms with van der Waals surface area (Å²) in [6.07, 6.45) is -1.80. The Hall–Kier alpha value is -3.04. The van der Waals surface area contributed by atoms with Crippen molar-refractivity contribution in [3.05, 3.63) is 25.3 Å². The Balaban J connectivity index is 5.03. The second kappa shape index (κ2) is 11.5. The fourth-order valence-corrected chi connectivity index (χ4v) is 1.96. The third-order valence-corrected chi connectivity index (χ3v) is 3.06. The van der Waals surface area contributed by atoms with Gasteiger partial charge in [0, 0.05) is 12.2 Å². The highest BCUT2D eigenvalue weighted by Gasteiger charge is 2.30. The molecule has 0 spiro atoms. The Morgan fingerprint density at radius 1 is 0.920 bits per heavy atom. The monoisotopic (exact) mass is 358 g/mol. The van der Waals surface area contributed by atoms with E-state index in [0.717, 1.165) is 22.0 Å². The molecule has 0 atom stereocenters. The van der Waals surface area contributed by atoms with Crippen LogP contribution in [0.2, 0.25) is 0 Å². The number of nitrogens with zero attached hydrogens (tertiary/aromatic N) is 2. The Morgan fingerprint density at radius 3 is 1.52 bits per heavy atom. The largest absolute Gasteiger partial charge is 0.465 e. The highest BCUT2D eigenvalue weighted by molar-refractivity contribution is 5.81. The van der Waals surface area contributed by atoms with Gasteiger partial charge in [0.25, 0.3) is 0 Å². The third kappa shape index (κ3) is 7.86. The van der Waals surface area contributed by atoms with Gasteiger partial charge in [-0.15, -0.1) is 0 Å². The fraction of sp³-hybridized carbons (Fsp3) is 0.467. The lowest BCUT2D eigenvalue weighted by atomic mass is 10.3. The fourth-order valence-electron chi connectivity index (χ4n) is 1.96. The van der Waals surface area contributed by atoms with E-state index in [0.29, 0.717) is 0 Å². The van der Waals surface area contributed by atoms with E-state index < -0.39 is 30.3 Å². The number of carbonyl (C=O) groups excluding carboxylic acids is 2. The maximum Gasteiger partial charge on any atom is 0.409 e. The lowest BCUT2D eigenvalue weighted by Crippen LogP contribution is -2.54. The zero-order valence-corrected chi connectivity index (χ0v) is 13.9. The summed E-state index contributed by atoms with van der Waals surface area (Å²) < 4.78 is 9.45. The minimum absolute atomic E-state index is 0.142. The van der Waals surface area contributed by atoms with Gasteiger partial charge in [-0.05, 0) is 6.42 Å². The molecule has 0 aromatic carbocycles. The number of rotatable bonds is 11. The van der Waals surface area contributed by atoms with Crippen LogP contribution in [0.3, 0.4) is 0 Å². The van der Waals surface area contributed by atoms with Crippen LogP contribution >= 0.6 is 0 Å². The highest BCUT2D eigenvalue weighted by Crippen LogP contribution is 2.12. The molecule has 0 unspecified atom stereocenters. The predicted molar refractivity (Wildman–Crippen MR) is 85.9 cm³/mol. The van der Waals surface area contributed by atoms with E-state index in [2.05, 4.69) is 13.2 Å². The van der Waals surface area contributed by atoms with Crippen LogP contribution in [0.5, 0.6) is 0 Å². The molecule has 2 amide bonds. The predicted octanol–water partition coefficient (Wildman–Crippen LogP) is 1.14. The van der Waals surface area contributed by atoms with Crippen LogP contribution in [0.1, 0.15) is 13.3 Å². The van der Waals surface area contributed by atoms with Gasteiger partial charge in [0.05, 0.1) is 13.1 Å². The molecule has 0 aromatic heterocycles. The molecule has 0 aliphatic carbocycles. The molecule has 0 aliphatic heterocycles. The van der Waals surface area contributed by atoms with E-state index >= 15 is 0 Å². The van der Waals surface area contributed by atoms with E-state index in [1.165, 1.54) is 0 Å². The standard InChI is InChI=1S/C15H22N2O8/c1-4-11(16(14(20)21)7-9-24-12(18)5-2)17(15(22)23)8-10-25-13(19)6-3/h5-6,11H,2-4,7-10H2,1H3,(H,20,21)(H,22,23). The molecular formula is C15H22N2O8. The molecular weight excluding hydrogens is 336 g/mol. The normalized spacial score (nSPS) is 9.84. The van der Waals surface area contributed by atoms with Gasteiger partial charge in [0.1, 0.15) is 19.4 Å². The van der Waals surface area contributed by atoms with Crippen molar-refractivity contribution >= 4 is 24.1 Å². The van der Waals surface area contributed by atoms with E-state index in [1.54, 1.807) is 6.92 Å². The van der Waals surface area contributed by atoms with Crippen LogP contribution in [-0.4, -0.2) is 76.6 Å². The van der Waals surface area contributed by atoms with Gasteiger partial charge >= 0.3 is 24.1 Å². The van der Waals surface area contributed by atoms with Crippen molar-refractivity contribution in [3.63, 3.8) is 0 Å². The smallest absolute Gasteiger partial charge is 0.409 e. The molecule has 140 valence electrons. The Kier molecular flexibility index (Phi) is 10.1. The Labute approximate surface area is 144 Å². The lowest BCUT2D eigenvalue weighted by Gasteiger charge is -2.35. The first kappa shape index (κ1) is 22.0. The summed E-state index contributed by atoms with van der Waals surface area (Å²) in [7, 11) is 0. The molecule has 0 saturated carbocycles. The molecule has 0 heterocycles. The summed E-state index contributed by atoms with van der Waals surface area (Å²) in [5, 5.41) is 18.7. The summed E-state index contributed by atoms with van der Waals surface area (Å²) in [5.41, 5.74) is 0. The molecule has 10 nitrogen and oxygen atoms in total. The Bertz CT molecular complexity index is 476. The van der Waals surface area contributed by atoms with Gasteiger partial charge in [0.15, 0.2) is 0 Å². The van der Waals surface area contributed by atoms with Crippen LogP contribution in [0.25, 0.3) is 0 Å². The summed E-state index contributed by atoms with van der Waals surface area (Å²) in [4.78, 5) is 46.6. The van der Waals surface area contributed by atoms with Crippen molar-refractivity contribution in [1.29, 1.82) is 0 Å². The molecule has 0 rings (SSSR count). The van der Waals surface area contributed by atoms with E-state index in [9.17, 15) is 29.4 Å². The third-order valence-electron chi connectivity index (χ3n) is 3.06. The number of hydrogen-bond donors (Lipinski definition) is 2. The molecule has 0 aliphatic rings. The highest BCUT2D eigenvalue weighted by atomic mass is 16.5. The maximum absolute atomic E-state index is 11.4. The number of carbonyl (C=O) groups is 4. The van der Waals surface area contributed by atoms with E-state index in [-0.39, 0.29) is 32.7 Å². The summed E-state index contributed by atoms with van der Waals surface area (Å²) in [6.45, 7) is 7.04. The van der Waals surface area contributed by atoms with Crippen LogP contribution in [-0.2, 0) is 19.1 Å². The van der Waals surface area contributed by atoms with Crippen molar-refractivity contribution in [2.75, 3.05) is 26.3 Å². The topological polar surface area (TPSA) is 134 Å². The SMILES string of the molecule is C=CC(=O)OCCN(C(=O)O)C(CC)N(CCOC(=O)C=C)C(=O)O. The van der Waals surface area contributed by atoms with Gasteiger partial charge < -0.3 is 19.7 Å². The van der Waals surface area contributed by atoms with Crippen LogP contribution in [0.15, 0.2) is 25.3 Å². The minimum atomic E-state index is -1.38. The number of carboxylic acid groups (broad SMARTS) is 2. The molecule has 0 aromatic rings. The molecule has 0 bridgehead atoms. The molecule has 10 heteroatoms. The maximum atomic E-state index is 11.4. The second-order valence-corrected chi connectivity index (χ2v) is 4.58. The molecule has 0 fully saturated rings. The van der Waals surface area contributed by atoms with Gasteiger partial charge in [0.2, 0.25) is 0 Å². The molecule has 2 N–H and O–H groups in total. The zero-order valence-electron chi connectivity index (χ0n) is 13.9. The Morgan fingerprint density at radius 2 is 1.28 bits per heavy atom. The number of esters is 2. The van der Waals surface area contributed by atoms with Gasteiger partial charge in [-0.3, -0.25) is 9.80 Å². The van der Waals surface area contributed by atoms with Gasteiger partial charge in [-0.1, -0.05) is 20.1 Å². The van der Waals surface area contributed by atoms with Crippen molar-refractivity contribution in [2.24, 2.45) is 0 Å². The van der Waals surface area contributed by atoms with Gasteiger partial charge in [-0.25, -0.2) is 19.2 Å². The zero-order chi connectivity index (χ0) is 19.4. The lowest BCUT2D eigenvalue weighted by molar-refractivity contribution is -0.138. The average Bonchev–Trinajstić information content (AvgIpc) is 2.57. The molecule has 0 saturated heterocycles.